The van der Waals surface area contributed by atoms with Crippen LogP contribution in [0.15, 0.2) is 29.4 Å². The van der Waals surface area contributed by atoms with Gasteiger partial charge in [-0.3, -0.25) is 9.36 Å². The van der Waals surface area contributed by atoms with Crippen LogP contribution in [0.1, 0.15) is 64.8 Å². The average Bonchev–Trinajstić information content (AvgIpc) is 3.19. The number of carbonyl (C=O) groups excluding carboxylic acids is 1. The van der Waals surface area contributed by atoms with Crippen LogP contribution in [0.4, 0.5) is 0 Å². The van der Waals surface area contributed by atoms with Crippen molar-refractivity contribution in [3.63, 3.8) is 0 Å². The molecule has 1 aromatic heterocycles. The van der Waals surface area contributed by atoms with Crippen LogP contribution in [0.3, 0.4) is 0 Å². The Morgan fingerprint density at radius 2 is 1.97 bits per heavy atom. The molecule has 0 unspecified atom stereocenters. The highest BCUT2D eigenvalue weighted by Gasteiger charge is 2.28. The van der Waals surface area contributed by atoms with E-state index < -0.39 is 0 Å². The van der Waals surface area contributed by atoms with Gasteiger partial charge in [-0.2, -0.15) is 0 Å². The van der Waals surface area contributed by atoms with Crippen LogP contribution < -0.4 is 10.1 Å². The van der Waals surface area contributed by atoms with E-state index in [-0.39, 0.29) is 5.91 Å². The number of amides is 1. The number of aromatic nitrogens is 3. The second-order valence-electron chi connectivity index (χ2n) is 8.08. The first-order valence-electron chi connectivity index (χ1n) is 11.1. The highest BCUT2D eigenvalue weighted by molar-refractivity contribution is 7.99. The smallest absolute Gasteiger partial charge is 0.230 e. The number of unbranched alkanes of at least 4 members (excludes halogenated alkanes) is 2. The third-order valence-corrected chi connectivity index (χ3v) is 6.79. The van der Waals surface area contributed by atoms with Gasteiger partial charge in [-0.1, -0.05) is 51.3 Å². The quantitative estimate of drug-likeness (QED) is 0.419. The van der Waals surface area contributed by atoms with Crippen LogP contribution in [0.2, 0.25) is 0 Å². The van der Waals surface area contributed by atoms with E-state index in [4.69, 9.17) is 4.74 Å². The van der Waals surface area contributed by atoms with E-state index in [2.05, 4.69) is 33.9 Å². The van der Waals surface area contributed by atoms with Gasteiger partial charge in [0.25, 0.3) is 0 Å². The van der Waals surface area contributed by atoms with Gasteiger partial charge >= 0.3 is 0 Å². The van der Waals surface area contributed by atoms with Gasteiger partial charge in [-0.25, -0.2) is 0 Å². The molecule has 1 amide bonds. The summed E-state index contributed by atoms with van der Waals surface area (Å²) in [6.07, 6.45) is 8.17. The molecule has 1 aromatic carbocycles. The summed E-state index contributed by atoms with van der Waals surface area (Å²) in [6, 6.07) is 8.33. The standard InChI is InChI=1S/C23H34N4O2S/c1-4-5-8-15-24-21(28)16-30-23-26-25-22(18-11-13-19(29-3)14-12-18)27(23)20-10-7-6-9-17(20)2/h11-14,17,20H,4-10,15-16H2,1-3H3,(H,24,28)/t17-,20+/m1/s1. The Morgan fingerprint density at radius 3 is 2.67 bits per heavy atom. The lowest BCUT2D eigenvalue weighted by Crippen LogP contribution is -2.27. The number of ether oxygens (including phenoxy) is 1. The van der Waals surface area contributed by atoms with Crippen molar-refractivity contribution >= 4 is 17.7 Å². The van der Waals surface area contributed by atoms with Crippen molar-refractivity contribution in [1.29, 1.82) is 0 Å². The van der Waals surface area contributed by atoms with Gasteiger partial charge in [0.1, 0.15) is 5.75 Å². The molecule has 2 atom stereocenters. The minimum absolute atomic E-state index is 0.0633. The number of hydrogen-bond donors (Lipinski definition) is 1. The lowest BCUT2D eigenvalue weighted by atomic mass is 9.85. The first kappa shape index (κ1) is 22.7. The van der Waals surface area contributed by atoms with Gasteiger partial charge < -0.3 is 10.1 Å². The summed E-state index contributed by atoms with van der Waals surface area (Å²) < 4.78 is 7.57. The molecular formula is C23H34N4O2S. The molecule has 1 N–H and O–H groups in total. The molecule has 30 heavy (non-hydrogen) atoms. The van der Waals surface area contributed by atoms with Crippen molar-refractivity contribution in [2.45, 2.75) is 70.0 Å². The maximum atomic E-state index is 12.3. The van der Waals surface area contributed by atoms with Gasteiger partial charge in [-0.15, -0.1) is 10.2 Å². The number of carbonyl (C=O) groups is 1. The molecular weight excluding hydrogens is 396 g/mol. The first-order chi connectivity index (χ1) is 14.6. The summed E-state index contributed by atoms with van der Waals surface area (Å²) in [4.78, 5) is 12.3. The summed E-state index contributed by atoms with van der Waals surface area (Å²) in [5, 5.41) is 12.9. The van der Waals surface area contributed by atoms with Crippen molar-refractivity contribution in [3.8, 4) is 17.1 Å². The van der Waals surface area contributed by atoms with Gasteiger partial charge in [0, 0.05) is 18.2 Å². The molecule has 0 radical (unpaired) electrons. The molecule has 1 aliphatic rings. The summed E-state index contributed by atoms with van der Waals surface area (Å²) in [5.74, 6) is 2.70. The van der Waals surface area contributed by atoms with Crippen molar-refractivity contribution < 1.29 is 9.53 Å². The van der Waals surface area contributed by atoms with Gasteiger partial charge in [-0.05, 0) is 49.4 Å². The SMILES string of the molecule is CCCCCNC(=O)CSc1nnc(-c2ccc(OC)cc2)n1[C@H]1CCCC[C@H]1C. The Labute approximate surface area is 184 Å². The normalized spacial score (nSPS) is 18.9. The maximum Gasteiger partial charge on any atom is 0.230 e. The predicted octanol–water partition coefficient (Wildman–Crippen LogP) is 5.10. The molecule has 1 heterocycles. The monoisotopic (exact) mass is 430 g/mol. The summed E-state index contributed by atoms with van der Waals surface area (Å²) >= 11 is 1.49. The first-order valence-corrected chi connectivity index (χ1v) is 12.1. The minimum Gasteiger partial charge on any atom is -0.497 e. The van der Waals surface area contributed by atoms with Gasteiger partial charge in [0.15, 0.2) is 11.0 Å². The fourth-order valence-corrected chi connectivity index (χ4v) is 4.90. The highest BCUT2D eigenvalue weighted by atomic mass is 32.2. The van der Waals surface area contributed by atoms with Crippen LogP contribution in [0.25, 0.3) is 11.4 Å². The molecule has 0 aliphatic heterocycles. The van der Waals surface area contributed by atoms with Crippen LogP contribution in [0, 0.1) is 5.92 Å². The van der Waals surface area contributed by atoms with Crippen LogP contribution in [-0.2, 0) is 4.79 Å². The summed E-state index contributed by atoms with van der Waals surface area (Å²) in [7, 11) is 1.67. The van der Waals surface area contributed by atoms with E-state index in [0.29, 0.717) is 17.7 Å². The fourth-order valence-electron chi connectivity index (χ4n) is 4.08. The molecule has 1 fully saturated rings. The lowest BCUT2D eigenvalue weighted by Gasteiger charge is -2.31. The summed E-state index contributed by atoms with van der Waals surface area (Å²) in [5.41, 5.74) is 1.02. The Morgan fingerprint density at radius 1 is 1.20 bits per heavy atom. The molecule has 1 aliphatic carbocycles. The fraction of sp³-hybridized carbons (Fsp3) is 0.609. The van der Waals surface area contributed by atoms with Gasteiger partial charge in [0.05, 0.1) is 12.9 Å². The van der Waals surface area contributed by atoms with Crippen LogP contribution in [-0.4, -0.2) is 40.1 Å². The number of hydrogen-bond acceptors (Lipinski definition) is 5. The third-order valence-electron chi connectivity index (χ3n) is 5.85. The largest absolute Gasteiger partial charge is 0.497 e. The van der Waals surface area contributed by atoms with Gasteiger partial charge in [0.2, 0.25) is 5.91 Å². The molecule has 0 saturated heterocycles. The molecule has 0 spiro atoms. The summed E-state index contributed by atoms with van der Waals surface area (Å²) in [6.45, 7) is 5.23. The third kappa shape index (κ3) is 5.78. The van der Waals surface area contributed by atoms with E-state index in [0.717, 1.165) is 54.5 Å². The van der Waals surface area contributed by atoms with E-state index >= 15 is 0 Å². The molecule has 3 rings (SSSR count). The average molecular weight is 431 g/mol. The number of methoxy groups -OCH3 is 1. The minimum atomic E-state index is 0.0633. The number of nitrogens with zero attached hydrogens (tertiary/aromatic N) is 3. The number of benzene rings is 1. The molecule has 1 saturated carbocycles. The van der Waals surface area contributed by atoms with Crippen molar-refractivity contribution in [2.75, 3.05) is 19.4 Å². The zero-order valence-corrected chi connectivity index (χ0v) is 19.2. The van der Waals surface area contributed by atoms with Crippen molar-refractivity contribution in [2.24, 2.45) is 5.92 Å². The zero-order chi connectivity index (χ0) is 21.3. The Kier molecular flexibility index (Phi) is 8.61. The number of nitrogens with one attached hydrogen (secondary N) is 1. The Hall–Kier alpha value is -2.02. The molecule has 2 aromatic rings. The van der Waals surface area contributed by atoms with Crippen LogP contribution >= 0.6 is 11.8 Å². The zero-order valence-electron chi connectivity index (χ0n) is 18.4. The molecule has 7 heteroatoms. The Balaban J connectivity index is 1.78. The lowest BCUT2D eigenvalue weighted by molar-refractivity contribution is -0.118. The highest BCUT2D eigenvalue weighted by Crippen LogP contribution is 2.39. The predicted molar refractivity (Wildman–Crippen MR) is 122 cm³/mol. The van der Waals surface area contributed by atoms with Crippen molar-refractivity contribution in [1.82, 2.24) is 20.1 Å². The topological polar surface area (TPSA) is 69.0 Å². The molecule has 0 bridgehead atoms. The van der Waals surface area contributed by atoms with E-state index in [1.54, 1.807) is 7.11 Å². The van der Waals surface area contributed by atoms with E-state index in [1.165, 1.54) is 31.0 Å². The molecule has 164 valence electrons. The number of thioether (sulfide) groups is 1. The molecule has 6 nitrogen and oxygen atoms in total. The van der Waals surface area contributed by atoms with E-state index in [9.17, 15) is 4.79 Å². The number of rotatable bonds is 10. The van der Waals surface area contributed by atoms with Crippen molar-refractivity contribution in [3.05, 3.63) is 24.3 Å². The Bertz CT molecular complexity index is 806. The second kappa shape index (κ2) is 11.4. The maximum absolute atomic E-state index is 12.3. The van der Waals surface area contributed by atoms with E-state index in [1.807, 2.05) is 24.3 Å². The second-order valence-corrected chi connectivity index (χ2v) is 9.02. The van der Waals surface area contributed by atoms with Crippen LogP contribution in [0.5, 0.6) is 5.75 Å².